The predicted octanol–water partition coefficient (Wildman–Crippen LogP) is 4.68. The number of fused-ring (bicyclic) bond motifs is 2. The molecule has 0 amide bonds. The Bertz CT molecular complexity index is 954. The normalized spacial score (nSPS) is 11.0. The Morgan fingerprint density at radius 1 is 1.15 bits per heavy atom. The van der Waals surface area contributed by atoms with E-state index in [0.29, 0.717) is 6.54 Å². The SMILES string of the molecule is CC(C)C.OCCNc1ccc2ncc(-c3cc4ccccc4s3)n2n1. The van der Waals surface area contributed by atoms with Crippen LogP contribution in [0.4, 0.5) is 5.82 Å². The van der Waals surface area contributed by atoms with Crippen LogP contribution in [0, 0.1) is 5.92 Å². The summed E-state index contributed by atoms with van der Waals surface area (Å²) < 4.78 is 3.09. The molecule has 0 aliphatic rings. The van der Waals surface area contributed by atoms with Gasteiger partial charge in [-0.1, -0.05) is 39.0 Å². The quantitative estimate of drug-likeness (QED) is 0.549. The summed E-state index contributed by atoms with van der Waals surface area (Å²) in [6.45, 7) is 7.05. The van der Waals surface area contributed by atoms with Crippen LogP contribution in [0.1, 0.15) is 20.8 Å². The Balaban J connectivity index is 0.000000447. The minimum Gasteiger partial charge on any atom is -0.395 e. The highest BCUT2D eigenvalue weighted by Gasteiger charge is 2.11. The van der Waals surface area contributed by atoms with Crippen LogP contribution in [0.5, 0.6) is 0 Å². The highest BCUT2D eigenvalue weighted by molar-refractivity contribution is 7.22. The standard InChI is InChI=1S/C16H14N4OS.C4H10/c21-8-7-17-15-5-6-16-18-10-12(20(16)19-15)14-9-11-3-1-2-4-13(11)22-14;1-4(2)3/h1-6,9-10,21H,7-8H2,(H,17,19);4H,1-3H3. The molecule has 0 fully saturated rings. The van der Waals surface area contributed by atoms with Crippen molar-refractivity contribution >= 4 is 32.9 Å². The van der Waals surface area contributed by atoms with Crippen molar-refractivity contribution in [3.63, 3.8) is 0 Å². The fourth-order valence-corrected chi connectivity index (χ4v) is 3.49. The van der Waals surface area contributed by atoms with E-state index in [4.69, 9.17) is 5.11 Å². The fourth-order valence-electron chi connectivity index (χ4n) is 2.43. The van der Waals surface area contributed by atoms with E-state index >= 15 is 0 Å². The van der Waals surface area contributed by atoms with E-state index in [1.165, 1.54) is 10.1 Å². The van der Waals surface area contributed by atoms with E-state index in [1.807, 2.05) is 35.0 Å². The molecular weight excluding hydrogens is 344 g/mol. The monoisotopic (exact) mass is 368 g/mol. The van der Waals surface area contributed by atoms with Gasteiger partial charge in [0, 0.05) is 11.2 Å². The largest absolute Gasteiger partial charge is 0.395 e. The fraction of sp³-hybridized carbons (Fsp3) is 0.300. The van der Waals surface area contributed by atoms with Crippen molar-refractivity contribution in [3.05, 3.63) is 48.7 Å². The number of anilines is 1. The van der Waals surface area contributed by atoms with Crippen LogP contribution < -0.4 is 5.32 Å². The van der Waals surface area contributed by atoms with Crippen LogP contribution in [0.2, 0.25) is 0 Å². The van der Waals surface area contributed by atoms with E-state index in [2.05, 4.69) is 54.4 Å². The lowest BCUT2D eigenvalue weighted by Gasteiger charge is -2.04. The summed E-state index contributed by atoms with van der Waals surface area (Å²) >= 11 is 1.73. The Labute approximate surface area is 157 Å². The molecule has 0 radical (unpaired) electrons. The zero-order valence-electron chi connectivity index (χ0n) is 15.3. The number of nitrogens with one attached hydrogen (secondary N) is 1. The Morgan fingerprint density at radius 3 is 2.65 bits per heavy atom. The Kier molecular flexibility index (Phi) is 5.85. The molecule has 0 spiro atoms. The van der Waals surface area contributed by atoms with Crippen molar-refractivity contribution in [3.8, 4) is 10.6 Å². The molecule has 3 heterocycles. The summed E-state index contributed by atoms with van der Waals surface area (Å²) in [5, 5.41) is 17.8. The predicted molar refractivity (Wildman–Crippen MR) is 110 cm³/mol. The van der Waals surface area contributed by atoms with E-state index < -0.39 is 0 Å². The lowest BCUT2D eigenvalue weighted by molar-refractivity contribution is 0.311. The van der Waals surface area contributed by atoms with Crippen LogP contribution in [0.3, 0.4) is 0 Å². The van der Waals surface area contributed by atoms with Gasteiger partial charge in [-0.15, -0.1) is 16.4 Å². The van der Waals surface area contributed by atoms with E-state index in [9.17, 15) is 0 Å². The summed E-state index contributed by atoms with van der Waals surface area (Å²) in [7, 11) is 0. The number of benzene rings is 1. The highest BCUT2D eigenvalue weighted by Crippen LogP contribution is 2.33. The second-order valence-corrected chi connectivity index (χ2v) is 7.75. The summed E-state index contributed by atoms with van der Waals surface area (Å²) in [4.78, 5) is 5.56. The maximum absolute atomic E-state index is 8.91. The number of hydrogen-bond donors (Lipinski definition) is 2. The van der Waals surface area contributed by atoms with Gasteiger partial charge in [-0.05, 0) is 35.6 Å². The molecule has 1 aromatic carbocycles. The Morgan fingerprint density at radius 2 is 1.92 bits per heavy atom. The van der Waals surface area contributed by atoms with Gasteiger partial charge in [0.1, 0.15) is 11.5 Å². The van der Waals surface area contributed by atoms with E-state index in [-0.39, 0.29) is 6.61 Å². The summed E-state index contributed by atoms with van der Waals surface area (Å²) in [6.07, 6.45) is 1.85. The van der Waals surface area contributed by atoms with Gasteiger partial charge in [-0.2, -0.15) is 0 Å². The van der Waals surface area contributed by atoms with Crippen LogP contribution in [-0.2, 0) is 0 Å². The third-order valence-corrected chi connectivity index (χ3v) is 4.60. The molecule has 5 nitrogen and oxygen atoms in total. The molecule has 0 saturated carbocycles. The first kappa shape index (κ1) is 18.4. The molecule has 136 valence electrons. The number of aromatic nitrogens is 3. The molecule has 2 N–H and O–H groups in total. The van der Waals surface area contributed by atoms with Gasteiger partial charge >= 0.3 is 0 Å². The molecule has 26 heavy (non-hydrogen) atoms. The second-order valence-electron chi connectivity index (χ2n) is 6.66. The van der Waals surface area contributed by atoms with E-state index in [1.54, 1.807) is 11.3 Å². The zero-order valence-corrected chi connectivity index (χ0v) is 16.1. The van der Waals surface area contributed by atoms with Gasteiger partial charge in [-0.25, -0.2) is 9.50 Å². The lowest BCUT2D eigenvalue weighted by Crippen LogP contribution is -2.08. The molecule has 0 atom stereocenters. The summed E-state index contributed by atoms with van der Waals surface area (Å²) in [5.41, 5.74) is 1.78. The van der Waals surface area contributed by atoms with Crippen molar-refractivity contribution in [1.29, 1.82) is 0 Å². The van der Waals surface area contributed by atoms with Crippen LogP contribution in [-0.4, -0.2) is 32.9 Å². The van der Waals surface area contributed by atoms with E-state index in [0.717, 1.165) is 28.0 Å². The first-order valence-electron chi connectivity index (χ1n) is 8.77. The molecule has 0 aliphatic carbocycles. The number of aliphatic hydroxyl groups is 1. The van der Waals surface area contributed by atoms with Crippen molar-refractivity contribution in [2.24, 2.45) is 5.92 Å². The molecule has 3 aromatic heterocycles. The maximum Gasteiger partial charge on any atom is 0.154 e. The number of rotatable bonds is 4. The third kappa shape index (κ3) is 4.20. The van der Waals surface area contributed by atoms with Crippen molar-refractivity contribution in [1.82, 2.24) is 14.6 Å². The van der Waals surface area contributed by atoms with Crippen LogP contribution in [0.15, 0.2) is 48.7 Å². The minimum atomic E-state index is 0.0762. The Hall–Kier alpha value is -2.44. The molecule has 4 rings (SSSR count). The summed E-state index contributed by atoms with van der Waals surface area (Å²) in [5.74, 6) is 1.56. The molecule has 4 aromatic rings. The lowest BCUT2D eigenvalue weighted by atomic mass is 10.2. The number of imidazole rings is 1. The van der Waals surface area contributed by atoms with Gasteiger partial charge in [0.2, 0.25) is 0 Å². The van der Waals surface area contributed by atoms with Crippen molar-refractivity contribution in [2.45, 2.75) is 20.8 Å². The molecule has 0 saturated heterocycles. The topological polar surface area (TPSA) is 62.5 Å². The van der Waals surface area contributed by atoms with Gasteiger partial charge in [0.05, 0.1) is 17.7 Å². The maximum atomic E-state index is 8.91. The van der Waals surface area contributed by atoms with Gasteiger partial charge < -0.3 is 10.4 Å². The smallest absolute Gasteiger partial charge is 0.154 e. The summed E-state index contributed by atoms with van der Waals surface area (Å²) in [6, 6.07) is 14.3. The minimum absolute atomic E-state index is 0.0762. The van der Waals surface area contributed by atoms with Crippen molar-refractivity contribution in [2.75, 3.05) is 18.5 Å². The number of nitrogens with zero attached hydrogens (tertiary/aromatic N) is 3. The van der Waals surface area contributed by atoms with Gasteiger partial charge in [0.15, 0.2) is 5.65 Å². The third-order valence-electron chi connectivity index (χ3n) is 3.46. The van der Waals surface area contributed by atoms with Gasteiger partial charge in [0.25, 0.3) is 0 Å². The van der Waals surface area contributed by atoms with Gasteiger partial charge in [-0.3, -0.25) is 0 Å². The highest BCUT2D eigenvalue weighted by atomic mass is 32.1. The van der Waals surface area contributed by atoms with Crippen molar-refractivity contribution < 1.29 is 5.11 Å². The number of hydrogen-bond acceptors (Lipinski definition) is 5. The number of aliphatic hydroxyl groups excluding tert-OH is 1. The average Bonchev–Trinajstić information content (AvgIpc) is 3.22. The molecule has 0 bridgehead atoms. The molecular formula is C20H24N4OS. The zero-order chi connectivity index (χ0) is 18.5. The van der Waals surface area contributed by atoms with Crippen LogP contribution >= 0.6 is 11.3 Å². The number of thiophene rings is 1. The first-order valence-corrected chi connectivity index (χ1v) is 9.58. The first-order chi connectivity index (χ1) is 12.6. The average molecular weight is 369 g/mol. The second kappa shape index (κ2) is 8.29. The molecule has 0 unspecified atom stereocenters. The molecule has 0 aliphatic heterocycles. The van der Waals surface area contributed by atoms with Crippen LogP contribution in [0.25, 0.3) is 26.3 Å². The molecule has 6 heteroatoms.